The first-order chi connectivity index (χ1) is 9.93. The van der Waals surface area contributed by atoms with Crippen LogP contribution in [0.4, 0.5) is 4.79 Å². The highest BCUT2D eigenvalue weighted by Gasteiger charge is 2.09. The highest BCUT2D eigenvalue weighted by Crippen LogP contribution is 1.99. The zero-order valence-corrected chi connectivity index (χ0v) is 11.9. The van der Waals surface area contributed by atoms with Gasteiger partial charge in [0.2, 0.25) is 5.91 Å². The minimum atomic E-state index is -1.11. The molecule has 0 aliphatic rings. The largest absolute Gasteiger partial charge is 0.477 e. The van der Waals surface area contributed by atoms with E-state index in [1.807, 2.05) is 6.92 Å². The number of carboxylic acid groups (broad SMARTS) is 1. The number of hydrogen-bond donors (Lipinski definition) is 3. The molecule has 1 heterocycles. The summed E-state index contributed by atoms with van der Waals surface area (Å²) in [6.07, 6.45) is 1.37. The first-order valence-corrected chi connectivity index (χ1v) is 6.38. The van der Waals surface area contributed by atoms with Crippen molar-refractivity contribution >= 4 is 17.9 Å². The molecule has 3 N–H and O–H groups in total. The van der Waals surface area contributed by atoms with Crippen LogP contribution in [-0.4, -0.2) is 53.0 Å². The number of carboxylic acids is 1. The van der Waals surface area contributed by atoms with Crippen molar-refractivity contribution in [3.8, 4) is 0 Å². The molecule has 0 spiro atoms. The Morgan fingerprint density at radius 2 is 2.00 bits per heavy atom. The molecule has 1 aromatic heterocycles. The lowest BCUT2D eigenvalue weighted by atomic mass is 10.2. The van der Waals surface area contributed by atoms with Gasteiger partial charge in [-0.15, -0.1) is 0 Å². The number of amides is 3. The maximum atomic E-state index is 11.5. The van der Waals surface area contributed by atoms with Gasteiger partial charge in [-0.1, -0.05) is 6.07 Å². The van der Waals surface area contributed by atoms with Crippen molar-refractivity contribution in [3.63, 3.8) is 0 Å². The first-order valence-electron chi connectivity index (χ1n) is 6.38. The molecular formula is C13H18N4O4. The second kappa shape index (κ2) is 7.83. The van der Waals surface area contributed by atoms with E-state index in [-0.39, 0.29) is 24.7 Å². The van der Waals surface area contributed by atoms with Crippen molar-refractivity contribution in [1.29, 1.82) is 0 Å². The van der Waals surface area contributed by atoms with Crippen LogP contribution >= 0.6 is 0 Å². The average molecular weight is 294 g/mol. The lowest BCUT2D eigenvalue weighted by molar-refractivity contribution is -0.128. The van der Waals surface area contributed by atoms with E-state index in [0.717, 1.165) is 0 Å². The molecule has 0 bridgehead atoms. The van der Waals surface area contributed by atoms with E-state index < -0.39 is 12.0 Å². The van der Waals surface area contributed by atoms with Gasteiger partial charge in [0.15, 0.2) is 0 Å². The molecule has 3 amide bonds. The highest BCUT2D eigenvalue weighted by atomic mass is 16.4. The molecule has 1 rings (SSSR count). The molecule has 0 atom stereocenters. The Balaban J connectivity index is 2.36. The monoisotopic (exact) mass is 294 g/mol. The Kier molecular flexibility index (Phi) is 6.12. The predicted molar refractivity (Wildman–Crippen MR) is 74.7 cm³/mol. The highest BCUT2D eigenvalue weighted by molar-refractivity contribution is 5.85. The number of aromatic carboxylic acids is 1. The third-order valence-corrected chi connectivity index (χ3v) is 2.80. The van der Waals surface area contributed by atoms with Crippen LogP contribution in [0, 0.1) is 0 Å². The molecule has 0 fully saturated rings. The van der Waals surface area contributed by atoms with Crippen LogP contribution in [0.15, 0.2) is 18.3 Å². The molecule has 0 radical (unpaired) electrons. The van der Waals surface area contributed by atoms with Crippen molar-refractivity contribution in [2.24, 2.45) is 0 Å². The van der Waals surface area contributed by atoms with Gasteiger partial charge in [0.25, 0.3) is 0 Å². The second-order valence-electron chi connectivity index (χ2n) is 4.30. The molecule has 0 aliphatic heterocycles. The molecule has 0 unspecified atom stereocenters. The number of urea groups is 1. The van der Waals surface area contributed by atoms with E-state index in [0.29, 0.717) is 12.1 Å². The van der Waals surface area contributed by atoms with E-state index >= 15 is 0 Å². The Bertz CT molecular complexity index is 515. The van der Waals surface area contributed by atoms with Crippen LogP contribution in [0.3, 0.4) is 0 Å². The quantitative estimate of drug-likeness (QED) is 0.686. The van der Waals surface area contributed by atoms with E-state index in [2.05, 4.69) is 15.6 Å². The summed E-state index contributed by atoms with van der Waals surface area (Å²) in [5.41, 5.74) is 0.601. The van der Waals surface area contributed by atoms with E-state index in [4.69, 9.17) is 5.11 Å². The smallest absolute Gasteiger partial charge is 0.354 e. The van der Waals surface area contributed by atoms with Crippen molar-refractivity contribution < 1.29 is 19.5 Å². The number of carbonyl (C=O) groups excluding carboxylic acids is 2. The van der Waals surface area contributed by atoms with Crippen molar-refractivity contribution in [2.75, 3.05) is 20.1 Å². The van der Waals surface area contributed by atoms with E-state index in [1.54, 1.807) is 13.1 Å². The first kappa shape index (κ1) is 16.4. The van der Waals surface area contributed by atoms with Crippen LogP contribution in [0.25, 0.3) is 0 Å². The van der Waals surface area contributed by atoms with Crippen molar-refractivity contribution in [2.45, 2.75) is 13.5 Å². The molecule has 8 nitrogen and oxygen atoms in total. The normalized spacial score (nSPS) is 9.81. The van der Waals surface area contributed by atoms with Crippen LogP contribution in [-0.2, 0) is 11.3 Å². The summed E-state index contributed by atoms with van der Waals surface area (Å²) in [4.78, 5) is 38.8. The molecule has 114 valence electrons. The Labute approximate surface area is 122 Å². The maximum Gasteiger partial charge on any atom is 0.354 e. The zero-order valence-electron chi connectivity index (χ0n) is 11.9. The lowest BCUT2D eigenvalue weighted by Crippen LogP contribution is -2.42. The van der Waals surface area contributed by atoms with Gasteiger partial charge in [0, 0.05) is 26.3 Å². The zero-order chi connectivity index (χ0) is 15.8. The number of carbonyl (C=O) groups is 3. The summed E-state index contributed by atoms with van der Waals surface area (Å²) in [7, 11) is 1.65. The van der Waals surface area contributed by atoms with Gasteiger partial charge in [-0.25, -0.2) is 14.6 Å². The second-order valence-corrected chi connectivity index (χ2v) is 4.30. The third kappa shape index (κ3) is 5.47. The summed E-state index contributed by atoms with van der Waals surface area (Å²) in [6.45, 7) is 2.53. The number of rotatable bonds is 6. The van der Waals surface area contributed by atoms with Crippen LogP contribution in [0.1, 0.15) is 23.0 Å². The minimum absolute atomic E-state index is 0.0589. The predicted octanol–water partition coefficient (Wildman–Crippen LogP) is 0.0573. The topological polar surface area (TPSA) is 112 Å². The number of aromatic nitrogens is 1. The average Bonchev–Trinajstić information content (AvgIpc) is 2.49. The fourth-order valence-corrected chi connectivity index (χ4v) is 1.37. The Morgan fingerprint density at radius 1 is 1.29 bits per heavy atom. The van der Waals surface area contributed by atoms with Crippen LogP contribution < -0.4 is 10.6 Å². The Hall–Kier alpha value is -2.64. The fraction of sp³-hybridized carbons (Fsp3) is 0.385. The number of nitrogens with one attached hydrogen (secondary N) is 2. The summed E-state index contributed by atoms with van der Waals surface area (Å²) in [5, 5.41) is 13.7. The van der Waals surface area contributed by atoms with Crippen molar-refractivity contribution in [1.82, 2.24) is 20.5 Å². The number of hydrogen-bond acceptors (Lipinski definition) is 4. The maximum absolute atomic E-state index is 11.5. The summed E-state index contributed by atoms with van der Waals surface area (Å²) in [5.74, 6) is -1.29. The molecule has 0 aromatic carbocycles. The number of nitrogens with zero attached hydrogens (tertiary/aromatic N) is 2. The lowest BCUT2D eigenvalue weighted by Gasteiger charge is -2.14. The molecule has 1 aromatic rings. The standard InChI is InChI=1S/C13H18N4O4/c1-3-17(2)11(18)8-16-13(21)15-7-9-4-5-10(12(19)20)14-6-9/h4-6H,3,7-8H2,1-2H3,(H,19,20)(H2,15,16,21). The molecule has 21 heavy (non-hydrogen) atoms. The van der Waals surface area contributed by atoms with Gasteiger partial charge < -0.3 is 20.6 Å². The molecule has 0 aliphatic carbocycles. The van der Waals surface area contributed by atoms with E-state index in [1.165, 1.54) is 17.2 Å². The van der Waals surface area contributed by atoms with Crippen LogP contribution in [0.2, 0.25) is 0 Å². The Morgan fingerprint density at radius 3 is 2.52 bits per heavy atom. The fourth-order valence-electron chi connectivity index (χ4n) is 1.37. The molecule has 8 heteroatoms. The number of likely N-dealkylation sites (N-methyl/N-ethyl adjacent to an activating group) is 1. The van der Waals surface area contributed by atoms with Gasteiger partial charge in [0.1, 0.15) is 5.69 Å². The van der Waals surface area contributed by atoms with Gasteiger partial charge in [-0.2, -0.15) is 0 Å². The van der Waals surface area contributed by atoms with Gasteiger partial charge in [-0.3, -0.25) is 4.79 Å². The molecular weight excluding hydrogens is 276 g/mol. The SMILES string of the molecule is CCN(C)C(=O)CNC(=O)NCc1ccc(C(=O)O)nc1. The summed E-state index contributed by atoms with van der Waals surface area (Å²) < 4.78 is 0. The number of pyridine rings is 1. The van der Waals surface area contributed by atoms with E-state index in [9.17, 15) is 14.4 Å². The van der Waals surface area contributed by atoms with Gasteiger partial charge in [0.05, 0.1) is 6.54 Å². The summed E-state index contributed by atoms with van der Waals surface area (Å²) in [6, 6.07) is 2.44. The van der Waals surface area contributed by atoms with Crippen LogP contribution in [0.5, 0.6) is 0 Å². The van der Waals surface area contributed by atoms with Gasteiger partial charge in [-0.05, 0) is 18.6 Å². The third-order valence-electron chi connectivity index (χ3n) is 2.80. The van der Waals surface area contributed by atoms with Crippen molar-refractivity contribution in [3.05, 3.63) is 29.6 Å². The minimum Gasteiger partial charge on any atom is -0.477 e. The summed E-state index contributed by atoms with van der Waals surface area (Å²) >= 11 is 0. The molecule has 0 saturated carbocycles. The van der Waals surface area contributed by atoms with Gasteiger partial charge >= 0.3 is 12.0 Å². The molecule has 0 saturated heterocycles.